The standard InChI is InChI=1S/C25H20BrN/c26-24-17-23(25(27)22-14-8-7-13-21(22)24)20(19-11-5-2-6-12-19)16-15-18-9-3-1-4-10-18/h1-17,20H,27H2/b16-15+/t20-/m0/s1. The lowest BCUT2D eigenvalue weighted by Gasteiger charge is -2.19. The average molecular weight is 414 g/mol. The van der Waals surface area contributed by atoms with E-state index in [1.807, 2.05) is 24.3 Å². The molecule has 0 saturated heterocycles. The predicted octanol–water partition coefficient (Wildman–Crippen LogP) is 7.03. The number of nitrogen functional groups attached to an aromatic ring is 1. The fraction of sp³-hybridized carbons (Fsp3) is 0.0400. The maximum Gasteiger partial charge on any atom is 0.0436 e. The zero-order chi connectivity index (χ0) is 18.6. The van der Waals surface area contributed by atoms with Crippen LogP contribution in [0.2, 0.25) is 0 Å². The molecule has 0 spiro atoms. The number of nitrogens with two attached hydrogens (primary N) is 1. The average Bonchev–Trinajstić information content (AvgIpc) is 2.73. The normalized spacial score (nSPS) is 12.5. The van der Waals surface area contributed by atoms with E-state index in [1.54, 1.807) is 0 Å². The third-order valence-electron chi connectivity index (χ3n) is 4.84. The molecule has 2 heteroatoms. The molecule has 4 rings (SSSR count). The first kappa shape index (κ1) is 17.6. The summed E-state index contributed by atoms with van der Waals surface area (Å²) < 4.78 is 1.07. The molecular formula is C25H20BrN. The van der Waals surface area contributed by atoms with Gasteiger partial charge in [-0.25, -0.2) is 0 Å². The number of anilines is 1. The Balaban J connectivity index is 1.88. The highest BCUT2D eigenvalue weighted by Gasteiger charge is 2.17. The van der Waals surface area contributed by atoms with Crippen LogP contribution in [0.15, 0.2) is 102 Å². The van der Waals surface area contributed by atoms with Gasteiger partial charge in [0.25, 0.3) is 0 Å². The smallest absolute Gasteiger partial charge is 0.0436 e. The quantitative estimate of drug-likeness (QED) is 0.357. The number of halogens is 1. The van der Waals surface area contributed by atoms with Crippen LogP contribution in [0.3, 0.4) is 0 Å². The van der Waals surface area contributed by atoms with Crippen molar-refractivity contribution in [2.45, 2.75) is 5.92 Å². The Morgan fingerprint density at radius 3 is 2.04 bits per heavy atom. The van der Waals surface area contributed by atoms with Crippen LogP contribution in [0.4, 0.5) is 5.69 Å². The van der Waals surface area contributed by atoms with Gasteiger partial charge in [-0.15, -0.1) is 0 Å². The maximum atomic E-state index is 6.64. The van der Waals surface area contributed by atoms with E-state index in [-0.39, 0.29) is 5.92 Å². The molecule has 0 saturated carbocycles. The van der Waals surface area contributed by atoms with Crippen molar-refractivity contribution < 1.29 is 0 Å². The van der Waals surface area contributed by atoms with Gasteiger partial charge in [0, 0.05) is 21.5 Å². The molecule has 0 bridgehead atoms. The summed E-state index contributed by atoms with van der Waals surface area (Å²) in [6.45, 7) is 0. The molecule has 0 aliphatic heterocycles. The van der Waals surface area contributed by atoms with Gasteiger partial charge in [0.2, 0.25) is 0 Å². The Hall–Kier alpha value is -2.84. The van der Waals surface area contributed by atoms with Crippen molar-refractivity contribution in [1.82, 2.24) is 0 Å². The minimum absolute atomic E-state index is 0.0762. The van der Waals surface area contributed by atoms with Crippen LogP contribution < -0.4 is 5.73 Å². The molecule has 1 nitrogen and oxygen atoms in total. The van der Waals surface area contributed by atoms with Crippen LogP contribution in [0, 0.1) is 0 Å². The zero-order valence-electron chi connectivity index (χ0n) is 14.8. The molecule has 0 unspecified atom stereocenters. The monoisotopic (exact) mass is 413 g/mol. The van der Waals surface area contributed by atoms with Crippen LogP contribution in [0.5, 0.6) is 0 Å². The lowest BCUT2D eigenvalue weighted by atomic mass is 9.87. The summed E-state index contributed by atoms with van der Waals surface area (Å²) in [5.41, 5.74) is 11.0. The molecule has 1 atom stereocenters. The molecule has 4 aromatic rings. The summed E-state index contributed by atoms with van der Waals surface area (Å²) in [6, 6.07) is 31.3. The lowest BCUT2D eigenvalue weighted by molar-refractivity contribution is 1.04. The topological polar surface area (TPSA) is 26.0 Å². The van der Waals surface area contributed by atoms with E-state index in [2.05, 4.69) is 94.8 Å². The molecule has 0 radical (unpaired) electrons. The first-order valence-electron chi connectivity index (χ1n) is 8.99. The van der Waals surface area contributed by atoms with E-state index in [9.17, 15) is 0 Å². The number of rotatable bonds is 4. The molecule has 2 N–H and O–H groups in total. The second kappa shape index (κ2) is 7.81. The van der Waals surface area contributed by atoms with E-state index < -0.39 is 0 Å². The summed E-state index contributed by atoms with van der Waals surface area (Å²) in [7, 11) is 0. The first-order valence-corrected chi connectivity index (χ1v) is 9.78. The van der Waals surface area contributed by atoms with Gasteiger partial charge in [-0.3, -0.25) is 0 Å². The predicted molar refractivity (Wildman–Crippen MR) is 120 cm³/mol. The molecule has 4 aromatic carbocycles. The largest absolute Gasteiger partial charge is 0.398 e. The van der Waals surface area contributed by atoms with Crippen LogP contribution >= 0.6 is 15.9 Å². The van der Waals surface area contributed by atoms with Gasteiger partial charge in [0.05, 0.1) is 0 Å². The number of hydrogen-bond acceptors (Lipinski definition) is 1. The molecule has 27 heavy (non-hydrogen) atoms. The Kier molecular flexibility index (Phi) is 5.08. The number of benzene rings is 4. The summed E-state index contributed by atoms with van der Waals surface area (Å²) in [4.78, 5) is 0. The molecule has 0 amide bonds. The lowest BCUT2D eigenvalue weighted by Crippen LogP contribution is -2.03. The van der Waals surface area contributed by atoms with Gasteiger partial charge in [-0.05, 0) is 28.1 Å². The fourth-order valence-electron chi connectivity index (χ4n) is 3.46. The van der Waals surface area contributed by atoms with Crippen molar-refractivity contribution >= 4 is 38.5 Å². The van der Waals surface area contributed by atoms with Crippen molar-refractivity contribution in [1.29, 1.82) is 0 Å². The second-order valence-electron chi connectivity index (χ2n) is 6.57. The number of hydrogen-bond donors (Lipinski definition) is 1. The van der Waals surface area contributed by atoms with E-state index in [0.29, 0.717) is 0 Å². The van der Waals surface area contributed by atoms with E-state index in [4.69, 9.17) is 5.73 Å². The maximum absolute atomic E-state index is 6.64. The minimum atomic E-state index is 0.0762. The first-order chi connectivity index (χ1) is 13.2. The van der Waals surface area contributed by atoms with E-state index in [1.165, 1.54) is 11.1 Å². The van der Waals surface area contributed by atoms with Gasteiger partial charge in [-0.1, -0.05) is 113 Å². The highest BCUT2D eigenvalue weighted by atomic mass is 79.9. The van der Waals surface area contributed by atoms with Gasteiger partial charge in [0.1, 0.15) is 0 Å². The van der Waals surface area contributed by atoms with E-state index >= 15 is 0 Å². The summed E-state index contributed by atoms with van der Waals surface area (Å²) in [5, 5.41) is 2.22. The molecule has 0 aliphatic rings. The van der Waals surface area contributed by atoms with E-state index in [0.717, 1.165) is 26.5 Å². The van der Waals surface area contributed by atoms with Gasteiger partial charge in [-0.2, -0.15) is 0 Å². The van der Waals surface area contributed by atoms with Gasteiger partial charge >= 0.3 is 0 Å². The molecule has 0 fully saturated rings. The van der Waals surface area contributed by atoms with Crippen molar-refractivity contribution in [3.63, 3.8) is 0 Å². The van der Waals surface area contributed by atoms with Crippen LogP contribution in [0.25, 0.3) is 16.8 Å². The third-order valence-corrected chi connectivity index (χ3v) is 5.50. The zero-order valence-corrected chi connectivity index (χ0v) is 16.4. The summed E-state index contributed by atoms with van der Waals surface area (Å²) in [6.07, 6.45) is 4.40. The minimum Gasteiger partial charge on any atom is -0.398 e. The SMILES string of the molecule is Nc1c([C@@H](/C=C/c2ccccc2)c2ccccc2)cc(Br)c2ccccc12. The molecule has 0 aliphatic carbocycles. The van der Waals surface area contributed by atoms with Crippen molar-refractivity contribution in [3.05, 3.63) is 118 Å². The van der Waals surface area contributed by atoms with Gasteiger partial charge < -0.3 is 5.73 Å². The van der Waals surface area contributed by atoms with Crippen molar-refractivity contribution in [3.8, 4) is 0 Å². The number of fused-ring (bicyclic) bond motifs is 1. The molecule has 0 aromatic heterocycles. The van der Waals surface area contributed by atoms with Crippen LogP contribution in [0.1, 0.15) is 22.6 Å². The second-order valence-corrected chi connectivity index (χ2v) is 7.42. The van der Waals surface area contributed by atoms with Crippen molar-refractivity contribution in [2.75, 3.05) is 5.73 Å². The highest BCUT2D eigenvalue weighted by molar-refractivity contribution is 9.10. The Morgan fingerprint density at radius 1 is 0.741 bits per heavy atom. The summed E-state index contributed by atoms with van der Waals surface area (Å²) in [5.74, 6) is 0.0762. The van der Waals surface area contributed by atoms with Crippen LogP contribution in [-0.4, -0.2) is 0 Å². The number of allylic oxidation sites excluding steroid dienone is 1. The third kappa shape index (κ3) is 3.67. The van der Waals surface area contributed by atoms with Gasteiger partial charge in [0.15, 0.2) is 0 Å². The Morgan fingerprint density at radius 2 is 1.33 bits per heavy atom. The Labute approximate surface area is 168 Å². The fourth-order valence-corrected chi connectivity index (χ4v) is 4.05. The Bertz CT molecular complexity index is 1090. The van der Waals surface area contributed by atoms with Crippen molar-refractivity contribution in [2.24, 2.45) is 0 Å². The molecule has 132 valence electrons. The molecular weight excluding hydrogens is 394 g/mol. The summed E-state index contributed by atoms with van der Waals surface area (Å²) >= 11 is 3.74. The molecule has 0 heterocycles. The van der Waals surface area contributed by atoms with Crippen LogP contribution in [-0.2, 0) is 0 Å². The highest BCUT2D eigenvalue weighted by Crippen LogP contribution is 2.38.